The molecule has 2 aliphatic rings. The fourth-order valence-electron chi connectivity index (χ4n) is 3.50. The fraction of sp³-hybridized carbons (Fsp3) is 0.600. The lowest BCUT2D eigenvalue weighted by Crippen LogP contribution is -2.48. The van der Waals surface area contributed by atoms with Crippen molar-refractivity contribution in [2.75, 3.05) is 6.61 Å². The number of nitrogens with one attached hydrogen (secondary N) is 1. The number of nitrogens with two attached hydrogens (primary N) is 1. The van der Waals surface area contributed by atoms with E-state index >= 15 is 0 Å². The van der Waals surface area contributed by atoms with E-state index in [1.165, 1.54) is 12.5 Å². The zero-order valence-electron chi connectivity index (χ0n) is 11.4. The first-order valence-electron chi connectivity index (χ1n) is 7.19. The molecule has 3 N–H and O–H groups in total. The average Bonchev–Trinajstić information content (AvgIpc) is 2.40. The second-order valence-corrected chi connectivity index (χ2v) is 6.38. The van der Waals surface area contributed by atoms with E-state index < -0.39 is 0 Å². The quantitative estimate of drug-likeness (QED) is 0.665. The molecule has 1 aliphatic carbocycles. The molecule has 5 heteroatoms. The van der Waals surface area contributed by atoms with Gasteiger partial charge >= 0.3 is 0 Å². The van der Waals surface area contributed by atoms with Gasteiger partial charge in [-0.3, -0.25) is 11.3 Å². The van der Waals surface area contributed by atoms with Crippen molar-refractivity contribution in [3.8, 4) is 0 Å². The van der Waals surface area contributed by atoms with Crippen molar-refractivity contribution in [2.45, 2.75) is 43.7 Å². The van der Waals surface area contributed by atoms with E-state index in [0.717, 1.165) is 32.3 Å². The molecule has 3 nitrogen and oxygen atoms in total. The molecule has 1 saturated carbocycles. The summed E-state index contributed by atoms with van der Waals surface area (Å²) in [7, 11) is 0. The predicted molar refractivity (Wildman–Crippen MR) is 76.7 cm³/mol. The number of ether oxygens (including phenoxy) is 1. The molecular formula is C15H20ClFN2O. The van der Waals surface area contributed by atoms with Crippen LogP contribution in [0, 0.1) is 11.7 Å². The van der Waals surface area contributed by atoms with Crippen LogP contribution in [0.2, 0.25) is 5.02 Å². The Balaban J connectivity index is 1.81. The van der Waals surface area contributed by atoms with E-state index in [1.807, 2.05) is 0 Å². The van der Waals surface area contributed by atoms with Crippen LogP contribution in [-0.4, -0.2) is 12.2 Å². The van der Waals surface area contributed by atoms with E-state index in [2.05, 4.69) is 5.43 Å². The van der Waals surface area contributed by atoms with Crippen molar-refractivity contribution in [1.82, 2.24) is 5.43 Å². The molecule has 1 aromatic rings. The smallest absolute Gasteiger partial charge is 0.129 e. The number of halogens is 2. The highest BCUT2D eigenvalue weighted by atomic mass is 35.5. The molecule has 1 spiro atoms. The van der Waals surface area contributed by atoms with Gasteiger partial charge in [0.15, 0.2) is 0 Å². The summed E-state index contributed by atoms with van der Waals surface area (Å²) in [6, 6.07) is 4.60. The van der Waals surface area contributed by atoms with E-state index in [0.29, 0.717) is 16.5 Å². The minimum atomic E-state index is -0.297. The lowest BCUT2D eigenvalue weighted by molar-refractivity contribution is -0.147. The Morgan fingerprint density at radius 1 is 1.45 bits per heavy atom. The van der Waals surface area contributed by atoms with E-state index in [9.17, 15) is 4.39 Å². The molecule has 0 amide bonds. The van der Waals surface area contributed by atoms with Crippen molar-refractivity contribution < 1.29 is 9.13 Å². The van der Waals surface area contributed by atoms with Crippen molar-refractivity contribution >= 4 is 11.6 Å². The first kappa shape index (κ1) is 14.3. The maximum Gasteiger partial charge on any atom is 0.129 e. The Hall–Kier alpha value is -0.680. The van der Waals surface area contributed by atoms with Gasteiger partial charge in [0.05, 0.1) is 11.6 Å². The maximum atomic E-state index is 14.1. The highest BCUT2D eigenvalue weighted by molar-refractivity contribution is 6.30. The molecule has 1 aromatic carbocycles. The Labute approximate surface area is 123 Å². The van der Waals surface area contributed by atoms with Gasteiger partial charge < -0.3 is 4.74 Å². The van der Waals surface area contributed by atoms with Gasteiger partial charge in [-0.15, -0.1) is 0 Å². The van der Waals surface area contributed by atoms with Gasteiger partial charge in [-0.25, -0.2) is 4.39 Å². The Bertz CT molecular complexity index is 493. The summed E-state index contributed by atoms with van der Waals surface area (Å²) < 4.78 is 20.0. The third-order valence-electron chi connectivity index (χ3n) is 4.74. The molecule has 2 unspecified atom stereocenters. The van der Waals surface area contributed by atoms with Crippen molar-refractivity contribution in [3.05, 3.63) is 34.6 Å². The van der Waals surface area contributed by atoms with Crippen molar-refractivity contribution in [2.24, 2.45) is 11.8 Å². The van der Waals surface area contributed by atoms with E-state index in [4.69, 9.17) is 22.2 Å². The van der Waals surface area contributed by atoms with Crippen LogP contribution in [0.25, 0.3) is 0 Å². The van der Waals surface area contributed by atoms with Crippen LogP contribution in [0.3, 0.4) is 0 Å². The summed E-state index contributed by atoms with van der Waals surface area (Å²) in [6.07, 6.45) is 5.30. The summed E-state index contributed by atoms with van der Waals surface area (Å²) in [5.74, 6) is 5.70. The summed E-state index contributed by atoms with van der Waals surface area (Å²) in [5.41, 5.74) is 3.42. The van der Waals surface area contributed by atoms with Crippen molar-refractivity contribution in [3.63, 3.8) is 0 Å². The van der Waals surface area contributed by atoms with Gasteiger partial charge in [-0.05, 0) is 50.2 Å². The molecule has 110 valence electrons. The highest BCUT2D eigenvalue weighted by Gasteiger charge is 2.44. The minimum absolute atomic E-state index is 0.0287. The number of rotatable bonds is 3. The third-order valence-corrected chi connectivity index (χ3v) is 4.98. The second-order valence-electron chi connectivity index (χ2n) is 5.95. The monoisotopic (exact) mass is 298 g/mol. The summed E-state index contributed by atoms with van der Waals surface area (Å²) in [4.78, 5) is 0. The Morgan fingerprint density at radius 3 is 2.85 bits per heavy atom. The fourth-order valence-corrected chi connectivity index (χ4v) is 3.66. The SMILES string of the molecule is NNC(c1ccc(Cl)cc1F)C1CCOC2(CCC2)C1. The average molecular weight is 299 g/mol. The minimum Gasteiger partial charge on any atom is -0.375 e. The molecule has 0 bridgehead atoms. The van der Waals surface area contributed by atoms with E-state index in [-0.39, 0.29) is 17.5 Å². The van der Waals surface area contributed by atoms with Gasteiger partial charge in [0.25, 0.3) is 0 Å². The Morgan fingerprint density at radius 2 is 2.25 bits per heavy atom. The first-order valence-corrected chi connectivity index (χ1v) is 7.56. The number of hydrazine groups is 1. The molecule has 1 heterocycles. The zero-order valence-corrected chi connectivity index (χ0v) is 12.1. The van der Waals surface area contributed by atoms with Crippen LogP contribution in [0.1, 0.15) is 43.7 Å². The third kappa shape index (κ3) is 2.58. The molecule has 1 aliphatic heterocycles. The lowest BCUT2D eigenvalue weighted by atomic mass is 9.69. The van der Waals surface area contributed by atoms with Gasteiger partial charge in [0.1, 0.15) is 5.82 Å². The molecule has 2 atom stereocenters. The van der Waals surface area contributed by atoms with E-state index in [1.54, 1.807) is 12.1 Å². The molecule has 0 aromatic heterocycles. The van der Waals surface area contributed by atoms with Crippen LogP contribution in [0.15, 0.2) is 18.2 Å². The van der Waals surface area contributed by atoms with Crippen molar-refractivity contribution in [1.29, 1.82) is 0 Å². The molecule has 1 saturated heterocycles. The standard InChI is InChI=1S/C15H20ClFN2O/c16-11-2-3-12(13(17)8-11)14(19-18)10-4-7-20-15(9-10)5-1-6-15/h2-3,8,10,14,19H,1,4-7,9,18H2. The van der Waals surface area contributed by atoms with Gasteiger partial charge in [0.2, 0.25) is 0 Å². The van der Waals surface area contributed by atoms with Gasteiger partial charge in [-0.2, -0.15) is 0 Å². The maximum absolute atomic E-state index is 14.1. The predicted octanol–water partition coefficient (Wildman–Crippen LogP) is 3.33. The molecule has 3 rings (SSSR count). The molecule has 2 fully saturated rings. The van der Waals surface area contributed by atoms with Gasteiger partial charge in [0, 0.05) is 17.2 Å². The highest BCUT2D eigenvalue weighted by Crippen LogP contribution is 2.47. The molecular weight excluding hydrogens is 279 g/mol. The summed E-state index contributed by atoms with van der Waals surface area (Å²) >= 11 is 5.82. The molecule has 20 heavy (non-hydrogen) atoms. The van der Waals surface area contributed by atoms with Crippen LogP contribution in [0.5, 0.6) is 0 Å². The Kier molecular flexibility index (Phi) is 4.00. The van der Waals surface area contributed by atoms with Crippen LogP contribution in [-0.2, 0) is 4.74 Å². The molecule has 0 radical (unpaired) electrons. The summed E-state index contributed by atoms with van der Waals surface area (Å²) in [6.45, 7) is 0.734. The largest absolute Gasteiger partial charge is 0.375 e. The number of benzene rings is 1. The van der Waals surface area contributed by atoms with Crippen LogP contribution < -0.4 is 11.3 Å². The van der Waals surface area contributed by atoms with Crippen LogP contribution in [0.4, 0.5) is 4.39 Å². The topological polar surface area (TPSA) is 47.3 Å². The van der Waals surface area contributed by atoms with Gasteiger partial charge in [-0.1, -0.05) is 17.7 Å². The second kappa shape index (κ2) is 5.60. The summed E-state index contributed by atoms with van der Waals surface area (Å²) in [5, 5.41) is 0.407. The number of hydrogen-bond acceptors (Lipinski definition) is 3. The first-order chi connectivity index (χ1) is 9.63. The normalized spacial score (nSPS) is 26.2. The van der Waals surface area contributed by atoms with Crippen LogP contribution >= 0.6 is 11.6 Å². The number of hydrogen-bond donors (Lipinski definition) is 2. The lowest BCUT2D eigenvalue weighted by Gasteiger charge is -2.48. The zero-order chi connectivity index (χ0) is 14.2.